The number of carbonyl (C=O) groups excluding carboxylic acids is 1. The molecule has 1 aromatic carbocycles. The summed E-state index contributed by atoms with van der Waals surface area (Å²) in [4.78, 5) is 24.1. The zero-order chi connectivity index (χ0) is 17.1. The number of thioether (sulfide) groups is 1. The van der Waals surface area contributed by atoms with Gasteiger partial charge in [0.15, 0.2) is 5.82 Å². The van der Waals surface area contributed by atoms with Gasteiger partial charge in [-0.3, -0.25) is 4.79 Å². The van der Waals surface area contributed by atoms with Crippen molar-refractivity contribution in [1.29, 1.82) is 0 Å². The highest BCUT2D eigenvalue weighted by atomic mass is 32.2. The number of nitrogens with one attached hydrogen (secondary N) is 1. The second-order valence-electron chi connectivity index (χ2n) is 6.55. The Hall–Kier alpha value is -2.08. The Morgan fingerprint density at radius 3 is 2.68 bits per heavy atom. The topological polar surface area (TPSA) is 58.1 Å². The van der Waals surface area contributed by atoms with Crippen LogP contribution in [0.3, 0.4) is 0 Å². The highest BCUT2D eigenvalue weighted by Crippen LogP contribution is 2.28. The molecule has 1 aromatic heterocycles. The van der Waals surface area contributed by atoms with E-state index in [1.807, 2.05) is 42.1 Å². The number of aromatic nitrogens is 2. The number of nitrogens with zero attached hydrogens (tertiary/aromatic N) is 3. The van der Waals surface area contributed by atoms with Gasteiger partial charge in [-0.25, -0.2) is 9.97 Å². The predicted octanol–water partition coefficient (Wildman–Crippen LogP) is 2.84. The van der Waals surface area contributed by atoms with Gasteiger partial charge in [0.05, 0.1) is 0 Å². The van der Waals surface area contributed by atoms with Crippen LogP contribution in [0, 0.1) is 5.92 Å². The maximum absolute atomic E-state index is 12.7. The maximum Gasteiger partial charge on any atom is 0.256 e. The van der Waals surface area contributed by atoms with Crippen LogP contribution in [-0.2, 0) is 0 Å². The molecule has 0 unspecified atom stereocenters. The van der Waals surface area contributed by atoms with Gasteiger partial charge in [0.2, 0.25) is 0 Å². The monoisotopic (exact) mass is 354 g/mol. The molecule has 2 heterocycles. The van der Waals surface area contributed by atoms with Crippen molar-refractivity contribution in [2.24, 2.45) is 5.92 Å². The van der Waals surface area contributed by atoms with Gasteiger partial charge in [-0.1, -0.05) is 30.3 Å². The standard InChI is InChI=1S/C19H22N4OS/c24-19(21-12-14-6-7-14)16-13-20-17(15-4-2-1-3-5-15)22-18(16)23-8-10-25-11-9-23/h1-5,13-14H,6-12H2,(H,21,24). The van der Waals surface area contributed by atoms with Crippen LogP contribution in [-0.4, -0.2) is 47.0 Å². The summed E-state index contributed by atoms with van der Waals surface area (Å²) in [5, 5.41) is 3.05. The van der Waals surface area contributed by atoms with E-state index >= 15 is 0 Å². The third kappa shape index (κ3) is 3.95. The average Bonchev–Trinajstić information content (AvgIpc) is 3.51. The molecule has 2 fully saturated rings. The first kappa shape index (κ1) is 16.4. The Kier molecular flexibility index (Phi) is 4.88. The van der Waals surface area contributed by atoms with E-state index in [9.17, 15) is 4.79 Å². The summed E-state index contributed by atoms with van der Waals surface area (Å²) < 4.78 is 0. The van der Waals surface area contributed by atoms with Gasteiger partial charge in [-0.15, -0.1) is 0 Å². The van der Waals surface area contributed by atoms with Gasteiger partial charge in [-0.05, 0) is 18.8 Å². The minimum absolute atomic E-state index is 0.0558. The van der Waals surface area contributed by atoms with E-state index in [0.29, 0.717) is 17.3 Å². The molecule has 2 aromatic rings. The number of benzene rings is 1. The SMILES string of the molecule is O=C(NCC1CC1)c1cnc(-c2ccccc2)nc1N1CCSCC1. The fraction of sp³-hybridized carbons (Fsp3) is 0.421. The summed E-state index contributed by atoms with van der Waals surface area (Å²) >= 11 is 1.94. The summed E-state index contributed by atoms with van der Waals surface area (Å²) in [6.45, 7) is 2.59. The van der Waals surface area contributed by atoms with Crippen molar-refractivity contribution < 1.29 is 4.79 Å². The molecule has 1 N–H and O–H groups in total. The van der Waals surface area contributed by atoms with Crippen LogP contribution in [0.5, 0.6) is 0 Å². The molecule has 0 radical (unpaired) electrons. The molecule has 1 aliphatic heterocycles. The quantitative estimate of drug-likeness (QED) is 0.895. The molecule has 1 aliphatic carbocycles. The fourth-order valence-electron chi connectivity index (χ4n) is 2.93. The van der Waals surface area contributed by atoms with Crippen LogP contribution in [0.1, 0.15) is 23.2 Å². The first-order chi connectivity index (χ1) is 12.3. The smallest absolute Gasteiger partial charge is 0.256 e. The summed E-state index contributed by atoms with van der Waals surface area (Å²) in [6, 6.07) is 9.93. The molecular formula is C19H22N4OS. The van der Waals surface area contributed by atoms with Crippen molar-refractivity contribution in [3.8, 4) is 11.4 Å². The van der Waals surface area contributed by atoms with Gasteiger partial charge < -0.3 is 10.2 Å². The van der Waals surface area contributed by atoms with Crippen molar-refractivity contribution in [1.82, 2.24) is 15.3 Å². The van der Waals surface area contributed by atoms with Gasteiger partial charge >= 0.3 is 0 Å². The van der Waals surface area contributed by atoms with Crippen LogP contribution < -0.4 is 10.2 Å². The predicted molar refractivity (Wildman–Crippen MR) is 102 cm³/mol. The number of rotatable bonds is 5. The number of carbonyl (C=O) groups is 1. The van der Waals surface area contributed by atoms with Crippen molar-refractivity contribution in [2.75, 3.05) is 36.0 Å². The summed E-state index contributed by atoms with van der Waals surface area (Å²) in [6.07, 6.45) is 4.13. The van der Waals surface area contributed by atoms with Crippen LogP contribution in [0.15, 0.2) is 36.5 Å². The fourth-order valence-corrected chi connectivity index (χ4v) is 3.83. The van der Waals surface area contributed by atoms with Crippen LogP contribution >= 0.6 is 11.8 Å². The second kappa shape index (κ2) is 7.44. The number of hydrogen-bond acceptors (Lipinski definition) is 5. The van der Waals surface area contributed by atoms with Crippen molar-refractivity contribution in [3.63, 3.8) is 0 Å². The maximum atomic E-state index is 12.7. The number of hydrogen-bond donors (Lipinski definition) is 1. The van der Waals surface area contributed by atoms with Gasteiger partial charge in [0.25, 0.3) is 5.91 Å². The van der Waals surface area contributed by atoms with E-state index in [0.717, 1.165) is 42.5 Å². The molecule has 25 heavy (non-hydrogen) atoms. The summed E-state index contributed by atoms with van der Waals surface area (Å²) in [5.74, 6) is 4.17. The molecule has 1 amide bonds. The lowest BCUT2D eigenvalue weighted by atomic mass is 10.2. The largest absolute Gasteiger partial charge is 0.354 e. The molecule has 5 nitrogen and oxygen atoms in total. The molecular weight excluding hydrogens is 332 g/mol. The highest BCUT2D eigenvalue weighted by Gasteiger charge is 2.25. The first-order valence-corrected chi connectivity index (χ1v) is 10.00. The Balaban J connectivity index is 1.65. The number of anilines is 1. The summed E-state index contributed by atoms with van der Waals surface area (Å²) in [7, 11) is 0. The Morgan fingerprint density at radius 1 is 1.20 bits per heavy atom. The molecule has 6 heteroatoms. The van der Waals surface area contributed by atoms with E-state index in [1.54, 1.807) is 6.20 Å². The molecule has 1 saturated heterocycles. The zero-order valence-electron chi connectivity index (χ0n) is 14.1. The van der Waals surface area contributed by atoms with E-state index in [-0.39, 0.29) is 5.91 Å². The van der Waals surface area contributed by atoms with Gasteiger partial charge in [0, 0.05) is 42.9 Å². The molecule has 2 aliphatic rings. The normalized spacial score (nSPS) is 17.4. The van der Waals surface area contributed by atoms with Crippen LogP contribution in [0.2, 0.25) is 0 Å². The van der Waals surface area contributed by atoms with E-state index < -0.39 is 0 Å². The Bertz CT molecular complexity index is 742. The second-order valence-corrected chi connectivity index (χ2v) is 7.77. The van der Waals surface area contributed by atoms with Crippen LogP contribution in [0.4, 0.5) is 5.82 Å². The molecule has 0 spiro atoms. The molecule has 0 atom stereocenters. The first-order valence-electron chi connectivity index (χ1n) is 8.84. The highest BCUT2D eigenvalue weighted by molar-refractivity contribution is 7.99. The van der Waals surface area contributed by atoms with E-state index in [1.165, 1.54) is 12.8 Å². The lowest BCUT2D eigenvalue weighted by molar-refractivity contribution is 0.0951. The zero-order valence-corrected chi connectivity index (χ0v) is 15.0. The molecule has 4 rings (SSSR count). The van der Waals surface area contributed by atoms with Crippen molar-refractivity contribution in [3.05, 3.63) is 42.1 Å². The third-order valence-corrected chi connectivity index (χ3v) is 5.55. The minimum atomic E-state index is -0.0558. The average molecular weight is 354 g/mol. The van der Waals surface area contributed by atoms with Gasteiger partial charge in [0.1, 0.15) is 11.4 Å². The minimum Gasteiger partial charge on any atom is -0.354 e. The lowest BCUT2D eigenvalue weighted by Gasteiger charge is -2.29. The number of amides is 1. The summed E-state index contributed by atoms with van der Waals surface area (Å²) in [5.41, 5.74) is 1.56. The molecule has 0 bridgehead atoms. The third-order valence-electron chi connectivity index (χ3n) is 4.60. The Labute approximate surface area is 152 Å². The van der Waals surface area contributed by atoms with E-state index in [2.05, 4.69) is 15.2 Å². The Morgan fingerprint density at radius 2 is 1.96 bits per heavy atom. The molecule has 1 saturated carbocycles. The van der Waals surface area contributed by atoms with Crippen LogP contribution in [0.25, 0.3) is 11.4 Å². The lowest BCUT2D eigenvalue weighted by Crippen LogP contribution is -2.36. The van der Waals surface area contributed by atoms with Crippen molar-refractivity contribution >= 4 is 23.5 Å². The van der Waals surface area contributed by atoms with Crippen molar-refractivity contribution in [2.45, 2.75) is 12.8 Å². The molecule has 130 valence electrons. The van der Waals surface area contributed by atoms with E-state index in [4.69, 9.17) is 4.98 Å². The van der Waals surface area contributed by atoms with Gasteiger partial charge in [-0.2, -0.15) is 11.8 Å².